The van der Waals surface area contributed by atoms with E-state index in [-0.39, 0.29) is 12.1 Å². The van der Waals surface area contributed by atoms with Gasteiger partial charge in [0.05, 0.1) is 48.3 Å². The van der Waals surface area contributed by atoms with Crippen molar-refractivity contribution < 1.29 is 9.47 Å². The maximum Gasteiger partial charge on any atom is 0.0925 e. The predicted molar refractivity (Wildman–Crippen MR) is 79.1 cm³/mol. The van der Waals surface area contributed by atoms with Crippen LogP contribution in [-0.4, -0.2) is 61.2 Å². The molecule has 2 rings (SSSR count). The first-order valence-electron chi connectivity index (χ1n) is 6.63. The van der Waals surface area contributed by atoms with Crippen LogP contribution in [0.25, 0.3) is 0 Å². The van der Waals surface area contributed by atoms with Gasteiger partial charge in [0.25, 0.3) is 0 Å². The third-order valence-electron chi connectivity index (χ3n) is 3.48. The molecule has 0 radical (unpaired) electrons. The van der Waals surface area contributed by atoms with Crippen LogP contribution in [0.2, 0.25) is 0 Å². The van der Waals surface area contributed by atoms with Crippen LogP contribution in [0.3, 0.4) is 0 Å². The Bertz CT molecular complexity index is 428. The molecule has 0 aromatic carbocycles. The number of nitrogens with zero attached hydrogens (tertiary/aromatic N) is 3. The molecular weight excluding hydrogens is 326 g/mol. The van der Waals surface area contributed by atoms with Crippen molar-refractivity contribution in [3.8, 4) is 0 Å². The normalized spacial score (nSPS) is 22.1. The summed E-state index contributed by atoms with van der Waals surface area (Å²) in [5, 5.41) is 4.36. The molecule has 0 saturated carbocycles. The van der Waals surface area contributed by atoms with Crippen molar-refractivity contribution >= 4 is 15.9 Å². The van der Waals surface area contributed by atoms with E-state index in [0.29, 0.717) is 19.8 Å². The number of ether oxygens (including phenoxy) is 2. The number of methoxy groups -OCH3 is 1. The van der Waals surface area contributed by atoms with Crippen molar-refractivity contribution in [1.29, 1.82) is 0 Å². The summed E-state index contributed by atoms with van der Waals surface area (Å²) >= 11 is 3.54. The molecule has 7 nitrogen and oxygen atoms in total. The molecule has 0 amide bonds. The molecule has 0 aliphatic carbocycles. The Balaban J connectivity index is 2.19. The Hall–Kier alpha value is -0.510. The molecule has 1 aromatic rings. The van der Waals surface area contributed by atoms with Gasteiger partial charge < -0.3 is 14.4 Å². The van der Waals surface area contributed by atoms with Gasteiger partial charge in [-0.1, -0.05) is 0 Å². The topological polar surface area (TPSA) is 77.6 Å². The van der Waals surface area contributed by atoms with Crippen molar-refractivity contribution in [3.05, 3.63) is 16.4 Å². The lowest BCUT2D eigenvalue weighted by molar-refractivity contribution is -0.0410. The smallest absolute Gasteiger partial charge is 0.0925 e. The first-order valence-corrected chi connectivity index (χ1v) is 7.43. The minimum Gasteiger partial charge on any atom is -0.383 e. The zero-order chi connectivity index (χ0) is 14.5. The van der Waals surface area contributed by atoms with Gasteiger partial charge in [0, 0.05) is 20.2 Å². The highest BCUT2D eigenvalue weighted by molar-refractivity contribution is 9.10. The van der Waals surface area contributed by atoms with Gasteiger partial charge >= 0.3 is 0 Å². The molecule has 1 aliphatic heterocycles. The third-order valence-corrected chi connectivity index (χ3v) is 4.09. The summed E-state index contributed by atoms with van der Waals surface area (Å²) in [5.74, 6) is 5.76. The molecule has 8 heteroatoms. The SMILES string of the molecule is COCCn1ncc(Br)c1C(NN)C1CN(C)CCO1. The van der Waals surface area contributed by atoms with Crippen molar-refractivity contribution in [2.24, 2.45) is 5.84 Å². The van der Waals surface area contributed by atoms with Crippen LogP contribution in [0.4, 0.5) is 0 Å². The first-order chi connectivity index (χ1) is 9.67. The lowest BCUT2D eigenvalue weighted by Gasteiger charge is -2.35. The number of nitrogens with two attached hydrogens (primary N) is 1. The van der Waals surface area contributed by atoms with Gasteiger partial charge in [-0.05, 0) is 23.0 Å². The summed E-state index contributed by atoms with van der Waals surface area (Å²) in [5.41, 5.74) is 3.86. The van der Waals surface area contributed by atoms with Crippen LogP contribution in [-0.2, 0) is 16.0 Å². The largest absolute Gasteiger partial charge is 0.383 e. The van der Waals surface area contributed by atoms with E-state index in [4.69, 9.17) is 15.3 Å². The fourth-order valence-corrected chi connectivity index (χ4v) is 2.95. The maximum atomic E-state index is 5.86. The Morgan fingerprint density at radius 1 is 1.70 bits per heavy atom. The lowest BCUT2D eigenvalue weighted by Crippen LogP contribution is -2.49. The van der Waals surface area contributed by atoms with E-state index in [1.807, 2.05) is 4.68 Å². The molecule has 114 valence electrons. The number of rotatable bonds is 6. The minimum absolute atomic E-state index is 0.00644. The Morgan fingerprint density at radius 2 is 2.50 bits per heavy atom. The second-order valence-electron chi connectivity index (χ2n) is 4.91. The molecule has 0 bridgehead atoms. The molecule has 1 fully saturated rings. The average Bonchev–Trinajstić information content (AvgIpc) is 2.79. The molecule has 1 aromatic heterocycles. The summed E-state index contributed by atoms with van der Waals surface area (Å²) in [6.07, 6.45) is 1.77. The highest BCUT2D eigenvalue weighted by atomic mass is 79.9. The molecule has 1 saturated heterocycles. The van der Waals surface area contributed by atoms with Crippen molar-refractivity contribution in [2.75, 3.05) is 40.5 Å². The second-order valence-corrected chi connectivity index (χ2v) is 5.76. The maximum absolute atomic E-state index is 5.86. The number of halogens is 1. The van der Waals surface area contributed by atoms with E-state index in [1.165, 1.54) is 0 Å². The van der Waals surface area contributed by atoms with E-state index >= 15 is 0 Å². The monoisotopic (exact) mass is 347 g/mol. The number of hydrogen-bond donors (Lipinski definition) is 2. The van der Waals surface area contributed by atoms with Gasteiger partial charge in [-0.2, -0.15) is 5.10 Å². The molecule has 1 aliphatic rings. The van der Waals surface area contributed by atoms with Gasteiger partial charge in [-0.3, -0.25) is 10.5 Å². The fraction of sp³-hybridized carbons (Fsp3) is 0.750. The molecule has 0 spiro atoms. The van der Waals surface area contributed by atoms with Crippen molar-refractivity contribution in [3.63, 3.8) is 0 Å². The zero-order valence-electron chi connectivity index (χ0n) is 11.9. The molecule has 2 atom stereocenters. The number of nitrogens with one attached hydrogen (secondary N) is 1. The number of hydrogen-bond acceptors (Lipinski definition) is 6. The first kappa shape index (κ1) is 15.9. The Morgan fingerprint density at radius 3 is 3.15 bits per heavy atom. The Kier molecular flexibility index (Phi) is 5.94. The molecule has 2 heterocycles. The molecule has 2 unspecified atom stereocenters. The lowest BCUT2D eigenvalue weighted by atomic mass is 10.1. The molecule has 20 heavy (non-hydrogen) atoms. The van der Waals surface area contributed by atoms with E-state index in [1.54, 1.807) is 13.3 Å². The quantitative estimate of drug-likeness (QED) is 0.562. The van der Waals surface area contributed by atoms with Gasteiger partial charge in [0.1, 0.15) is 0 Å². The van der Waals surface area contributed by atoms with Crippen LogP contribution in [0, 0.1) is 0 Å². The van der Waals surface area contributed by atoms with Crippen LogP contribution in [0.1, 0.15) is 11.7 Å². The summed E-state index contributed by atoms with van der Waals surface area (Å²) in [4.78, 5) is 2.24. The Labute approximate surface area is 127 Å². The van der Waals surface area contributed by atoms with Crippen LogP contribution < -0.4 is 11.3 Å². The number of likely N-dealkylation sites (N-methyl/N-ethyl adjacent to an activating group) is 1. The zero-order valence-corrected chi connectivity index (χ0v) is 13.5. The summed E-state index contributed by atoms with van der Waals surface area (Å²) in [6, 6.07) is -0.119. The van der Waals surface area contributed by atoms with Gasteiger partial charge in [-0.15, -0.1) is 0 Å². The second kappa shape index (κ2) is 7.48. The van der Waals surface area contributed by atoms with E-state index in [9.17, 15) is 0 Å². The third kappa shape index (κ3) is 3.57. The summed E-state index contributed by atoms with van der Waals surface area (Å²) in [6.45, 7) is 3.76. The molecular formula is C12H22BrN5O2. The van der Waals surface area contributed by atoms with Gasteiger partial charge in [0.2, 0.25) is 0 Å². The van der Waals surface area contributed by atoms with Crippen LogP contribution in [0.5, 0.6) is 0 Å². The van der Waals surface area contributed by atoms with E-state index in [0.717, 1.165) is 23.3 Å². The summed E-state index contributed by atoms with van der Waals surface area (Å²) < 4.78 is 13.8. The molecule has 3 N–H and O–H groups in total. The van der Waals surface area contributed by atoms with Crippen LogP contribution in [0.15, 0.2) is 10.7 Å². The van der Waals surface area contributed by atoms with Gasteiger partial charge in [0.15, 0.2) is 0 Å². The minimum atomic E-state index is -0.119. The number of hydrazine groups is 1. The van der Waals surface area contributed by atoms with Crippen molar-refractivity contribution in [1.82, 2.24) is 20.1 Å². The fourth-order valence-electron chi connectivity index (χ4n) is 2.41. The predicted octanol–water partition coefficient (Wildman–Crippen LogP) is 0.127. The number of aromatic nitrogens is 2. The van der Waals surface area contributed by atoms with Crippen molar-refractivity contribution in [2.45, 2.75) is 18.7 Å². The number of morpholine rings is 1. The van der Waals surface area contributed by atoms with E-state index < -0.39 is 0 Å². The van der Waals surface area contributed by atoms with Crippen LogP contribution >= 0.6 is 15.9 Å². The standard InChI is InChI=1S/C12H22BrN5O2/c1-17-3-6-20-10(8-17)11(16-14)12-9(13)7-15-18(12)4-5-19-2/h7,10-11,16H,3-6,8,14H2,1-2H3. The average molecular weight is 348 g/mol. The summed E-state index contributed by atoms with van der Waals surface area (Å²) in [7, 11) is 3.76. The highest BCUT2D eigenvalue weighted by Crippen LogP contribution is 2.28. The van der Waals surface area contributed by atoms with Gasteiger partial charge in [-0.25, -0.2) is 5.43 Å². The highest BCUT2D eigenvalue weighted by Gasteiger charge is 2.31. The van der Waals surface area contributed by atoms with E-state index in [2.05, 4.69) is 38.4 Å².